The van der Waals surface area contributed by atoms with E-state index in [0.717, 1.165) is 6.07 Å². The number of hydrogen-bond acceptors (Lipinski definition) is 5. The van der Waals surface area contributed by atoms with E-state index in [1.807, 2.05) is 0 Å². The van der Waals surface area contributed by atoms with E-state index in [9.17, 15) is 22.8 Å². The highest BCUT2D eigenvalue weighted by atomic mass is 32.2. The van der Waals surface area contributed by atoms with Crippen LogP contribution in [0.4, 0.5) is 13.2 Å². The minimum absolute atomic E-state index is 0.0553. The Morgan fingerprint density at radius 2 is 2.14 bits per heavy atom. The second-order valence-corrected chi connectivity index (χ2v) is 5.02. The third-order valence-electron chi connectivity index (χ3n) is 2.31. The van der Waals surface area contributed by atoms with Gasteiger partial charge >= 0.3 is 12.1 Å². The number of alkyl halides is 3. The molecule has 1 rings (SSSR count). The summed E-state index contributed by atoms with van der Waals surface area (Å²) in [5, 5.41) is 19.1. The average Bonchev–Trinajstić information content (AvgIpc) is 2.41. The summed E-state index contributed by atoms with van der Waals surface area (Å²) in [5.74, 6) is -2.28. The van der Waals surface area contributed by atoms with E-state index in [1.165, 1.54) is 13.0 Å². The SMILES string of the molecule is Cc1cc(C(F)(F)F)c(C#N)c(SCC(=O)NCC(=O)O)n1. The molecule has 2 N–H and O–H groups in total. The van der Waals surface area contributed by atoms with Crippen molar-refractivity contribution in [1.29, 1.82) is 5.26 Å². The smallest absolute Gasteiger partial charge is 0.417 e. The number of thioether (sulfide) groups is 1. The first-order valence-corrected chi connectivity index (χ1v) is 6.74. The second kappa shape index (κ2) is 7.13. The number of nitriles is 1. The molecule has 0 aliphatic carbocycles. The molecule has 0 unspecified atom stereocenters. The first-order valence-electron chi connectivity index (χ1n) is 5.75. The maximum atomic E-state index is 12.9. The molecule has 0 fully saturated rings. The first kappa shape index (κ1) is 17.8. The number of hydrogen-bond donors (Lipinski definition) is 2. The molecule has 118 valence electrons. The summed E-state index contributed by atoms with van der Waals surface area (Å²) in [7, 11) is 0. The van der Waals surface area contributed by atoms with Gasteiger partial charge in [-0.1, -0.05) is 11.8 Å². The van der Waals surface area contributed by atoms with Gasteiger partial charge in [0.15, 0.2) is 0 Å². The topological polar surface area (TPSA) is 103 Å². The molecule has 0 aliphatic rings. The van der Waals surface area contributed by atoms with Crippen LogP contribution in [0.25, 0.3) is 0 Å². The molecule has 1 amide bonds. The van der Waals surface area contributed by atoms with Crippen LogP contribution in [0.3, 0.4) is 0 Å². The van der Waals surface area contributed by atoms with Gasteiger partial charge in [0, 0.05) is 5.69 Å². The van der Waals surface area contributed by atoms with Crippen molar-refractivity contribution in [2.75, 3.05) is 12.3 Å². The molecule has 0 atom stereocenters. The molecule has 0 aliphatic heterocycles. The van der Waals surface area contributed by atoms with Gasteiger partial charge in [0.2, 0.25) is 5.91 Å². The van der Waals surface area contributed by atoms with Crippen LogP contribution < -0.4 is 5.32 Å². The molecular formula is C12H10F3N3O3S. The monoisotopic (exact) mass is 333 g/mol. The zero-order valence-corrected chi connectivity index (χ0v) is 12.0. The van der Waals surface area contributed by atoms with Crippen LogP contribution >= 0.6 is 11.8 Å². The fourth-order valence-corrected chi connectivity index (χ4v) is 2.32. The number of nitrogens with one attached hydrogen (secondary N) is 1. The number of aliphatic carboxylic acids is 1. The molecule has 10 heteroatoms. The van der Waals surface area contributed by atoms with E-state index in [1.54, 1.807) is 0 Å². The Labute approximate surface area is 127 Å². The fraction of sp³-hybridized carbons (Fsp3) is 0.333. The molecular weight excluding hydrogens is 323 g/mol. The Bertz CT molecular complexity index is 641. The number of nitrogens with zero attached hydrogens (tertiary/aromatic N) is 2. The van der Waals surface area contributed by atoms with Crippen LogP contribution in [0.1, 0.15) is 16.8 Å². The Morgan fingerprint density at radius 3 is 2.64 bits per heavy atom. The van der Waals surface area contributed by atoms with Crippen molar-refractivity contribution < 1.29 is 27.9 Å². The molecule has 1 aromatic rings. The summed E-state index contributed by atoms with van der Waals surface area (Å²) >= 11 is 0.637. The lowest BCUT2D eigenvalue weighted by Crippen LogP contribution is -2.30. The number of carboxylic acid groups (broad SMARTS) is 1. The van der Waals surface area contributed by atoms with E-state index >= 15 is 0 Å². The molecule has 1 aromatic heterocycles. The summed E-state index contributed by atoms with van der Waals surface area (Å²) in [6.45, 7) is 0.741. The quantitative estimate of drug-likeness (QED) is 0.793. The molecule has 0 spiro atoms. The minimum Gasteiger partial charge on any atom is -0.480 e. The van der Waals surface area contributed by atoms with Gasteiger partial charge in [-0.25, -0.2) is 4.98 Å². The maximum Gasteiger partial charge on any atom is 0.417 e. The molecule has 22 heavy (non-hydrogen) atoms. The number of carbonyl (C=O) groups excluding carboxylic acids is 1. The number of rotatable bonds is 5. The number of amides is 1. The molecule has 0 bridgehead atoms. The second-order valence-electron chi connectivity index (χ2n) is 4.06. The largest absolute Gasteiger partial charge is 0.480 e. The lowest BCUT2D eigenvalue weighted by atomic mass is 10.1. The Morgan fingerprint density at radius 1 is 1.50 bits per heavy atom. The molecule has 0 saturated heterocycles. The summed E-state index contributed by atoms with van der Waals surface area (Å²) in [5.41, 5.74) is -1.72. The highest BCUT2D eigenvalue weighted by Gasteiger charge is 2.35. The number of pyridine rings is 1. The van der Waals surface area contributed by atoms with Crippen LogP contribution in [0.5, 0.6) is 0 Å². The molecule has 0 saturated carbocycles. The van der Waals surface area contributed by atoms with Gasteiger partial charge in [-0.05, 0) is 13.0 Å². The van der Waals surface area contributed by atoms with Crippen LogP contribution in [0.15, 0.2) is 11.1 Å². The molecule has 6 nitrogen and oxygen atoms in total. The standard InChI is InChI=1S/C12H10F3N3O3S/c1-6-2-8(12(13,14)15)7(3-16)11(18-6)22-5-9(19)17-4-10(20)21/h2H,4-5H2,1H3,(H,17,19)(H,20,21). The number of carbonyl (C=O) groups is 2. The van der Waals surface area contributed by atoms with E-state index in [2.05, 4.69) is 10.3 Å². The van der Waals surface area contributed by atoms with Crippen molar-refractivity contribution in [1.82, 2.24) is 10.3 Å². The lowest BCUT2D eigenvalue weighted by Gasteiger charge is -2.12. The highest BCUT2D eigenvalue weighted by molar-refractivity contribution is 8.00. The van der Waals surface area contributed by atoms with Crippen molar-refractivity contribution in [3.05, 3.63) is 22.9 Å². The maximum absolute atomic E-state index is 12.9. The van der Waals surface area contributed by atoms with Gasteiger partial charge < -0.3 is 10.4 Å². The van der Waals surface area contributed by atoms with Crippen molar-refractivity contribution in [2.24, 2.45) is 0 Å². The van der Waals surface area contributed by atoms with Crippen molar-refractivity contribution in [2.45, 2.75) is 18.1 Å². The lowest BCUT2D eigenvalue weighted by molar-refractivity contribution is -0.138. The Balaban J connectivity index is 2.96. The summed E-state index contributed by atoms with van der Waals surface area (Å²) in [6.07, 6.45) is -4.71. The normalized spacial score (nSPS) is 10.9. The summed E-state index contributed by atoms with van der Waals surface area (Å²) in [4.78, 5) is 25.5. The van der Waals surface area contributed by atoms with Crippen LogP contribution in [-0.4, -0.2) is 34.3 Å². The third kappa shape index (κ3) is 4.92. The number of carboxylic acids is 1. The number of aryl methyl sites for hydroxylation is 1. The minimum atomic E-state index is -4.71. The summed E-state index contributed by atoms with van der Waals surface area (Å²) < 4.78 is 38.6. The van der Waals surface area contributed by atoms with Crippen molar-refractivity contribution in [3.63, 3.8) is 0 Å². The van der Waals surface area contributed by atoms with E-state index < -0.39 is 35.7 Å². The summed E-state index contributed by atoms with van der Waals surface area (Å²) in [6, 6.07) is 2.20. The van der Waals surface area contributed by atoms with Crippen LogP contribution in [-0.2, 0) is 15.8 Å². The zero-order chi connectivity index (χ0) is 16.9. The van der Waals surface area contributed by atoms with E-state index in [-0.39, 0.29) is 16.5 Å². The van der Waals surface area contributed by atoms with Gasteiger partial charge in [-0.2, -0.15) is 18.4 Å². The Hall–Kier alpha value is -2.28. The van der Waals surface area contributed by atoms with Gasteiger partial charge in [-0.15, -0.1) is 0 Å². The number of aromatic nitrogens is 1. The van der Waals surface area contributed by atoms with Gasteiger partial charge in [0.1, 0.15) is 17.6 Å². The fourth-order valence-electron chi connectivity index (χ4n) is 1.44. The zero-order valence-electron chi connectivity index (χ0n) is 11.2. The Kier molecular flexibility index (Phi) is 5.76. The highest BCUT2D eigenvalue weighted by Crippen LogP contribution is 2.35. The van der Waals surface area contributed by atoms with E-state index in [0.29, 0.717) is 11.8 Å². The third-order valence-corrected chi connectivity index (χ3v) is 3.28. The van der Waals surface area contributed by atoms with Gasteiger partial charge in [0.05, 0.1) is 16.9 Å². The molecule has 0 aromatic carbocycles. The first-order chi connectivity index (χ1) is 10.1. The van der Waals surface area contributed by atoms with E-state index in [4.69, 9.17) is 10.4 Å². The van der Waals surface area contributed by atoms with Gasteiger partial charge in [0.25, 0.3) is 0 Å². The van der Waals surface area contributed by atoms with Crippen LogP contribution in [0.2, 0.25) is 0 Å². The van der Waals surface area contributed by atoms with Crippen LogP contribution in [0, 0.1) is 18.3 Å². The van der Waals surface area contributed by atoms with Crippen molar-refractivity contribution >= 4 is 23.6 Å². The molecule has 1 heterocycles. The average molecular weight is 333 g/mol. The van der Waals surface area contributed by atoms with Gasteiger partial charge in [-0.3, -0.25) is 9.59 Å². The predicted octanol–water partition coefficient (Wildman–Crippen LogP) is 1.57. The number of halogens is 3. The predicted molar refractivity (Wildman–Crippen MR) is 70.1 cm³/mol. The molecule has 0 radical (unpaired) electrons. The van der Waals surface area contributed by atoms with Crippen molar-refractivity contribution in [3.8, 4) is 6.07 Å².